The van der Waals surface area contributed by atoms with Crippen LogP contribution in [0.4, 0.5) is 0 Å². The van der Waals surface area contributed by atoms with Crippen LogP contribution in [0.1, 0.15) is 41.2 Å². The summed E-state index contributed by atoms with van der Waals surface area (Å²) in [5.74, 6) is -1.00. The summed E-state index contributed by atoms with van der Waals surface area (Å²) in [5, 5.41) is 13.9. The summed E-state index contributed by atoms with van der Waals surface area (Å²) in [5.41, 5.74) is 5.42. The molecule has 20 heavy (non-hydrogen) atoms. The van der Waals surface area contributed by atoms with Crippen LogP contribution in [0.15, 0.2) is 5.38 Å². The number of thiazole rings is 1. The summed E-state index contributed by atoms with van der Waals surface area (Å²) in [6.07, 6.45) is 4.37. The molecule has 110 valence electrons. The Morgan fingerprint density at radius 1 is 1.45 bits per heavy atom. The lowest BCUT2D eigenvalue weighted by Gasteiger charge is -2.25. The molecule has 0 atom stereocenters. The van der Waals surface area contributed by atoms with Gasteiger partial charge < -0.3 is 16.2 Å². The van der Waals surface area contributed by atoms with Crippen molar-refractivity contribution in [3.63, 3.8) is 0 Å². The Labute approximate surface area is 121 Å². The smallest absolute Gasteiger partial charge is 0.355 e. The van der Waals surface area contributed by atoms with Gasteiger partial charge in [0.1, 0.15) is 0 Å². The first kappa shape index (κ1) is 14.9. The van der Waals surface area contributed by atoms with E-state index in [2.05, 4.69) is 10.3 Å². The van der Waals surface area contributed by atoms with Crippen LogP contribution in [0.3, 0.4) is 0 Å². The van der Waals surface area contributed by atoms with Crippen molar-refractivity contribution in [1.29, 1.82) is 0 Å². The van der Waals surface area contributed by atoms with Crippen molar-refractivity contribution < 1.29 is 14.7 Å². The van der Waals surface area contributed by atoms with Crippen LogP contribution in [-0.4, -0.2) is 35.1 Å². The summed E-state index contributed by atoms with van der Waals surface area (Å²) in [6, 6.07) is 0. The number of rotatable bonds is 6. The fraction of sp³-hybridized carbons (Fsp3) is 0.615. The number of aromatic nitrogens is 1. The van der Waals surface area contributed by atoms with Gasteiger partial charge >= 0.3 is 5.97 Å². The minimum absolute atomic E-state index is 0.0208. The molecule has 1 aliphatic rings. The summed E-state index contributed by atoms with van der Waals surface area (Å²) in [7, 11) is 0. The van der Waals surface area contributed by atoms with Gasteiger partial charge in [0, 0.05) is 24.9 Å². The summed E-state index contributed by atoms with van der Waals surface area (Å²) < 4.78 is 0. The SMILES string of the molecule is NCC1(C(=O)NCCc2nc(C(=O)O)cs2)CCCC1. The van der Waals surface area contributed by atoms with Crippen LogP contribution in [0.25, 0.3) is 0 Å². The van der Waals surface area contributed by atoms with Crippen molar-refractivity contribution in [2.75, 3.05) is 13.1 Å². The van der Waals surface area contributed by atoms with E-state index in [-0.39, 0.29) is 11.6 Å². The number of carbonyl (C=O) groups is 2. The van der Waals surface area contributed by atoms with E-state index >= 15 is 0 Å². The highest BCUT2D eigenvalue weighted by atomic mass is 32.1. The highest BCUT2D eigenvalue weighted by Crippen LogP contribution is 2.37. The van der Waals surface area contributed by atoms with E-state index in [4.69, 9.17) is 10.8 Å². The summed E-state index contributed by atoms with van der Waals surface area (Å²) in [6.45, 7) is 0.854. The first-order valence-corrected chi connectivity index (χ1v) is 7.61. The third-order valence-electron chi connectivity index (χ3n) is 3.83. The first-order valence-electron chi connectivity index (χ1n) is 6.73. The minimum atomic E-state index is -1.02. The van der Waals surface area contributed by atoms with Crippen LogP contribution < -0.4 is 11.1 Å². The van der Waals surface area contributed by atoms with E-state index in [0.29, 0.717) is 19.5 Å². The maximum atomic E-state index is 12.2. The van der Waals surface area contributed by atoms with Crippen molar-refractivity contribution in [1.82, 2.24) is 10.3 Å². The normalized spacial score (nSPS) is 17.1. The first-order chi connectivity index (χ1) is 9.57. The molecule has 1 saturated carbocycles. The standard InChI is InChI=1S/C13H19N3O3S/c14-8-13(4-1-2-5-13)12(19)15-6-3-10-16-9(7-20-10)11(17)18/h7H,1-6,8,14H2,(H,15,19)(H,17,18). The predicted octanol–water partition coefficient (Wildman–Crippen LogP) is 1.02. The van der Waals surface area contributed by atoms with E-state index in [1.807, 2.05) is 0 Å². The number of nitrogens with one attached hydrogen (secondary N) is 1. The molecule has 0 aromatic carbocycles. The molecule has 0 radical (unpaired) electrons. The quantitative estimate of drug-likeness (QED) is 0.727. The molecule has 0 spiro atoms. The Morgan fingerprint density at radius 2 is 2.15 bits per heavy atom. The monoisotopic (exact) mass is 297 g/mol. The van der Waals surface area contributed by atoms with Gasteiger partial charge in [0.15, 0.2) is 5.69 Å². The molecule has 4 N–H and O–H groups in total. The van der Waals surface area contributed by atoms with Gasteiger partial charge in [-0.1, -0.05) is 12.8 Å². The zero-order valence-corrected chi connectivity index (χ0v) is 12.0. The average Bonchev–Trinajstić information content (AvgIpc) is 3.08. The van der Waals surface area contributed by atoms with E-state index in [1.54, 1.807) is 0 Å². The second-order valence-corrected chi connectivity index (χ2v) is 6.07. The van der Waals surface area contributed by atoms with Crippen LogP contribution in [0, 0.1) is 5.41 Å². The molecule has 1 aromatic rings. The number of carboxylic acid groups (broad SMARTS) is 1. The third-order valence-corrected chi connectivity index (χ3v) is 4.74. The van der Waals surface area contributed by atoms with E-state index < -0.39 is 11.4 Å². The van der Waals surface area contributed by atoms with Gasteiger partial charge in [0.25, 0.3) is 0 Å². The van der Waals surface area contributed by atoms with E-state index in [0.717, 1.165) is 30.7 Å². The lowest BCUT2D eigenvalue weighted by molar-refractivity contribution is -0.130. The summed E-state index contributed by atoms with van der Waals surface area (Å²) in [4.78, 5) is 26.9. The lowest BCUT2D eigenvalue weighted by atomic mass is 9.85. The van der Waals surface area contributed by atoms with E-state index in [1.165, 1.54) is 16.7 Å². The maximum Gasteiger partial charge on any atom is 0.355 e. The molecule has 1 aromatic heterocycles. The number of aromatic carboxylic acids is 1. The number of carbonyl (C=O) groups excluding carboxylic acids is 1. The van der Waals surface area contributed by atoms with Crippen molar-refractivity contribution in [3.05, 3.63) is 16.1 Å². The maximum absolute atomic E-state index is 12.2. The molecule has 0 bridgehead atoms. The van der Waals surface area contributed by atoms with E-state index in [9.17, 15) is 9.59 Å². The topological polar surface area (TPSA) is 105 Å². The molecular weight excluding hydrogens is 278 g/mol. The number of nitrogens with zero attached hydrogens (tertiary/aromatic N) is 1. The van der Waals surface area contributed by atoms with Crippen molar-refractivity contribution in [2.45, 2.75) is 32.1 Å². The van der Waals surface area contributed by atoms with Gasteiger partial charge in [-0.05, 0) is 12.8 Å². The fourth-order valence-corrected chi connectivity index (χ4v) is 3.34. The Balaban J connectivity index is 1.83. The average molecular weight is 297 g/mol. The molecule has 7 heteroatoms. The minimum Gasteiger partial charge on any atom is -0.476 e. The summed E-state index contributed by atoms with van der Waals surface area (Å²) >= 11 is 1.30. The molecule has 0 saturated heterocycles. The van der Waals surface area contributed by atoms with Gasteiger partial charge in [0.05, 0.1) is 10.4 Å². The molecular formula is C13H19N3O3S. The van der Waals surface area contributed by atoms with Gasteiger partial charge in [-0.25, -0.2) is 9.78 Å². The number of amides is 1. The Morgan fingerprint density at radius 3 is 2.70 bits per heavy atom. The highest BCUT2D eigenvalue weighted by Gasteiger charge is 2.39. The fourth-order valence-electron chi connectivity index (χ4n) is 2.57. The molecule has 1 aliphatic carbocycles. The molecule has 6 nitrogen and oxygen atoms in total. The molecule has 1 fully saturated rings. The highest BCUT2D eigenvalue weighted by molar-refractivity contribution is 7.09. The van der Waals surface area contributed by atoms with Gasteiger partial charge in [-0.2, -0.15) is 0 Å². The van der Waals surface area contributed by atoms with Crippen LogP contribution in [-0.2, 0) is 11.2 Å². The molecule has 1 amide bonds. The number of carboxylic acids is 1. The Kier molecular flexibility index (Phi) is 4.72. The van der Waals surface area contributed by atoms with Crippen LogP contribution >= 0.6 is 11.3 Å². The molecule has 0 unspecified atom stereocenters. The second kappa shape index (κ2) is 6.32. The molecule has 1 heterocycles. The Bertz CT molecular complexity index is 495. The van der Waals surface area contributed by atoms with Crippen LogP contribution in [0.5, 0.6) is 0 Å². The van der Waals surface area contributed by atoms with Gasteiger partial charge in [-0.15, -0.1) is 11.3 Å². The Hall–Kier alpha value is -1.47. The lowest BCUT2D eigenvalue weighted by Crippen LogP contribution is -2.44. The number of hydrogen-bond donors (Lipinski definition) is 3. The van der Waals surface area contributed by atoms with Crippen LogP contribution in [0.2, 0.25) is 0 Å². The molecule has 0 aliphatic heterocycles. The zero-order valence-electron chi connectivity index (χ0n) is 11.2. The van der Waals surface area contributed by atoms with Crippen molar-refractivity contribution in [2.24, 2.45) is 11.1 Å². The second-order valence-electron chi connectivity index (χ2n) is 5.13. The molecule has 2 rings (SSSR count). The predicted molar refractivity (Wildman–Crippen MR) is 75.7 cm³/mol. The van der Waals surface area contributed by atoms with Crippen molar-refractivity contribution in [3.8, 4) is 0 Å². The number of hydrogen-bond acceptors (Lipinski definition) is 5. The van der Waals surface area contributed by atoms with Gasteiger partial charge in [-0.3, -0.25) is 4.79 Å². The zero-order chi connectivity index (χ0) is 14.6. The van der Waals surface area contributed by atoms with Gasteiger partial charge in [0.2, 0.25) is 5.91 Å². The third kappa shape index (κ3) is 3.16. The van der Waals surface area contributed by atoms with Crippen molar-refractivity contribution >= 4 is 23.2 Å². The number of nitrogens with two attached hydrogens (primary N) is 1. The largest absolute Gasteiger partial charge is 0.476 e.